The van der Waals surface area contributed by atoms with Crippen molar-refractivity contribution in [3.63, 3.8) is 0 Å². The van der Waals surface area contributed by atoms with Gasteiger partial charge in [-0.1, -0.05) is 36.4 Å². The maximum Gasteiger partial charge on any atom is 0.252 e. The van der Waals surface area contributed by atoms with E-state index < -0.39 is 5.60 Å². The molecule has 0 bridgehead atoms. The van der Waals surface area contributed by atoms with E-state index in [0.29, 0.717) is 26.1 Å². The van der Waals surface area contributed by atoms with Gasteiger partial charge in [0.25, 0.3) is 5.91 Å². The van der Waals surface area contributed by atoms with Crippen LogP contribution in [0.15, 0.2) is 48.5 Å². The zero-order valence-electron chi connectivity index (χ0n) is 14.2. The molecule has 1 saturated heterocycles. The highest BCUT2D eigenvalue weighted by atomic mass is 19.1. The number of hydrogen-bond donors (Lipinski definition) is 2. The molecule has 2 aromatic carbocycles. The Balaban J connectivity index is 1.67. The molecule has 1 aliphatic heterocycles. The Labute approximate surface area is 146 Å². The summed E-state index contributed by atoms with van der Waals surface area (Å²) >= 11 is 0. The van der Waals surface area contributed by atoms with Crippen LogP contribution in [0.2, 0.25) is 0 Å². The van der Waals surface area contributed by atoms with Gasteiger partial charge >= 0.3 is 0 Å². The summed E-state index contributed by atoms with van der Waals surface area (Å²) in [5.74, 6) is -0.617. The van der Waals surface area contributed by atoms with Crippen LogP contribution in [0.25, 0.3) is 11.1 Å². The maximum absolute atomic E-state index is 13.0. The third-order valence-electron chi connectivity index (χ3n) is 4.68. The monoisotopic (exact) mass is 343 g/mol. The summed E-state index contributed by atoms with van der Waals surface area (Å²) in [4.78, 5) is 12.4. The van der Waals surface area contributed by atoms with Gasteiger partial charge in [-0.05, 0) is 35.7 Å². The largest absolute Gasteiger partial charge is 0.381 e. The second-order valence-corrected chi connectivity index (χ2v) is 6.47. The number of hydrogen-bond acceptors (Lipinski definition) is 3. The van der Waals surface area contributed by atoms with Gasteiger partial charge in [-0.2, -0.15) is 0 Å². The van der Waals surface area contributed by atoms with Crippen LogP contribution < -0.4 is 5.32 Å². The second-order valence-electron chi connectivity index (χ2n) is 6.47. The first-order chi connectivity index (χ1) is 12.0. The first kappa shape index (κ1) is 17.6. The van der Waals surface area contributed by atoms with E-state index in [1.165, 1.54) is 12.1 Å². The highest BCUT2D eigenvalue weighted by molar-refractivity contribution is 5.85. The highest BCUT2D eigenvalue weighted by Gasteiger charge is 2.38. The van der Waals surface area contributed by atoms with Gasteiger partial charge in [0.05, 0.1) is 6.04 Å². The summed E-state index contributed by atoms with van der Waals surface area (Å²) in [6.07, 6.45) is 0.629. The minimum atomic E-state index is -1.35. The van der Waals surface area contributed by atoms with Crippen molar-refractivity contribution in [1.82, 2.24) is 5.32 Å². The summed E-state index contributed by atoms with van der Waals surface area (Å²) in [6, 6.07) is 13.8. The summed E-state index contributed by atoms with van der Waals surface area (Å²) in [5.41, 5.74) is 1.50. The Morgan fingerprint density at radius 2 is 1.60 bits per heavy atom. The van der Waals surface area contributed by atoms with E-state index in [1.807, 2.05) is 31.2 Å². The minimum Gasteiger partial charge on any atom is -0.381 e. The van der Waals surface area contributed by atoms with E-state index >= 15 is 0 Å². The van der Waals surface area contributed by atoms with Crippen LogP contribution in [0, 0.1) is 5.82 Å². The normalized spacial score (nSPS) is 17.7. The van der Waals surface area contributed by atoms with Crippen molar-refractivity contribution in [3.8, 4) is 11.1 Å². The van der Waals surface area contributed by atoms with Gasteiger partial charge in [0.2, 0.25) is 0 Å². The number of benzene rings is 2. The molecule has 0 aromatic heterocycles. The number of carbonyl (C=O) groups is 1. The Morgan fingerprint density at radius 3 is 2.16 bits per heavy atom. The number of halogens is 1. The van der Waals surface area contributed by atoms with E-state index in [1.54, 1.807) is 12.1 Å². The molecule has 0 radical (unpaired) electrons. The third-order valence-corrected chi connectivity index (χ3v) is 4.68. The number of rotatable bonds is 4. The standard InChI is InChI=1S/C20H22FNO3/c1-14(22-19(23)20(24)10-12-25-13-11-20)15-2-4-16(5-3-15)17-6-8-18(21)9-7-17/h2-9,14,24H,10-13H2,1H3,(H,22,23)/t14-/m0/s1. The van der Waals surface area contributed by atoms with Crippen molar-refractivity contribution < 1.29 is 19.0 Å². The molecule has 1 amide bonds. The first-order valence-electron chi connectivity index (χ1n) is 8.45. The van der Waals surface area contributed by atoms with Gasteiger partial charge < -0.3 is 15.2 Å². The van der Waals surface area contributed by atoms with Gasteiger partial charge in [-0.25, -0.2) is 4.39 Å². The molecule has 0 aliphatic carbocycles. The molecule has 0 spiro atoms. The van der Waals surface area contributed by atoms with Crippen molar-refractivity contribution in [2.75, 3.05) is 13.2 Å². The van der Waals surface area contributed by atoms with Crippen LogP contribution >= 0.6 is 0 Å². The van der Waals surface area contributed by atoms with Crippen molar-refractivity contribution in [3.05, 3.63) is 59.9 Å². The average molecular weight is 343 g/mol. The molecule has 3 rings (SSSR count). The number of amides is 1. The number of ether oxygens (including phenoxy) is 1. The van der Waals surface area contributed by atoms with E-state index in [2.05, 4.69) is 5.32 Å². The SMILES string of the molecule is C[C@H](NC(=O)C1(O)CCOCC1)c1ccc(-c2ccc(F)cc2)cc1. The lowest BCUT2D eigenvalue weighted by Crippen LogP contribution is -2.50. The van der Waals surface area contributed by atoms with Crippen LogP contribution in [-0.4, -0.2) is 29.8 Å². The lowest BCUT2D eigenvalue weighted by Gasteiger charge is -2.31. The van der Waals surface area contributed by atoms with Crippen molar-refractivity contribution >= 4 is 5.91 Å². The van der Waals surface area contributed by atoms with Gasteiger partial charge in [0, 0.05) is 26.1 Å². The van der Waals surface area contributed by atoms with Crippen LogP contribution in [-0.2, 0) is 9.53 Å². The van der Waals surface area contributed by atoms with E-state index in [9.17, 15) is 14.3 Å². The summed E-state index contributed by atoms with van der Waals surface area (Å²) < 4.78 is 18.2. The fourth-order valence-corrected chi connectivity index (χ4v) is 2.96. The molecule has 2 aromatic rings. The summed E-state index contributed by atoms with van der Waals surface area (Å²) in [5, 5.41) is 13.3. The predicted molar refractivity (Wildman–Crippen MR) is 93.4 cm³/mol. The van der Waals surface area contributed by atoms with Crippen molar-refractivity contribution in [1.29, 1.82) is 0 Å². The fraction of sp³-hybridized carbons (Fsp3) is 0.350. The molecule has 0 unspecified atom stereocenters. The molecule has 5 heteroatoms. The Hall–Kier alpha value is -2.24. The van der Waals surface area contributed by atoms with Gasteiger partial charge in [-0.15, -0.1) is 0 Å². The second kappa shape index (κ2) is 7.33. The molecule has 1 aliphatic rings. The topological polar surface area (TPSA) is 58.6 Å². The molecule has 4 nitrogen and oxygen atoms in total. The third kappa shape index (κ3) is 4.06. The van der Waals surface area contributed by atoms with Crippen LogP contribution in [0.5, 0.6) is 0 Å². The maximum atomic E-state index is 13.0. The molecular weight excluding hydrogens is 321 g/mol. The van der Waals surface area contributed by atoms with Gasteiger partial charge in [-0.3, -0.25) is 4.79 Å². The zero-order valence-corrected chi connectivity index (χ0v) is 14.2. The van der Waals surface area contributed by atoms with E-state index in [0.717, 1.165) is 16.7 Å². The first-order valence-corrected chi connectivity index (χ1v) is 8.45. The zero-order chi connectivity index (χ0) is 17.9. The quantitative estimate of drug-likeness (QED) is 0.896. The molecular formula is C20H22FNO3. The molecule has 0 saturated carbocycles. The molecule has 25 heavy (non-hydrogen) atoms. The molecule has 1 atom stereocenters. The van der Waals surface area contributed by atoms with Crippen LogP contribution in [0.4, 0.5) is 4.39 Å². The van der Waals surface area contributed by atoms with Crippen molar-refractivity contribution in [2.24, 2.45) is 0 Å². The van der Waals surface area contributed by atoms with Crippen LogP contribution in [0.1, 0.15) is 31.4 Å². The van der Waals surface area contributed by atoms with Crippen molar-refractivity contribution in [2.45, 2.75) is 31.4 Å². The number of nitrogens with one attached hydrogen (secondary N) is 1. The minimum absolute atomic E-state index is 0.221. The Bertz CT molecular complexity index is 722. The van der Waals surface area contributed by atoms with E-state index in [4.69, 9.17) is 4.74 Å². The lowest BCUT2D eigenvalue weighted by atomic mass is 9.92. The predicted octanol–water partition coefficient (Wildman–Crippen LogP) is 3.21. The Morgan fingerprint density at radius 1 is 1.08 bits per heavy atom. The smallest absolute Gasteiger partial charge is 0.252 e. The molecule has 1 heterocycles. The van der Waals surface area contributed by atoms with Crippen LogP contribution in [0.3, 0.4) is 0 Å². The lowest BCUT2D eigenvalue weighted by molar-refractivity contribution is -0.150. The van der Waals surface area contributed by atoms with E-state index in [-0.39, 0.29) is 17.8 Å². The molecule has 1 fully saturated rings. The number of carbonyl (C=O) groups excluding carboxylic acids is 1. The van der Waals surface area contributed by atoms with Gasteiger partial charge in [0.1, 0.15) is 11.4 Å². The average Bonchev–Trinajstić information content (AvgIpc) is 2.63. The highest BCUT2D eigenvalue weighted by Crippen LogP contribution is 2.24. The molecule has 2 N–H and O–H groups in total. The fourth-order valence-electron chi connectivity index (χ4n) is 2.96. The summed E-state index contributed by atoms with van der Waals surface area (Å²) in [7, 11) is 0. The molecule has 132 valence electrons. The van der Waals surface area contributed by atoms with Gasteiger partial charge in [0.15, 0.2) is 0 Å². The Kier molecular flexibility index (Phi) is 5.16. The summed E-state index contributed by atoms with van der Waals surface area (Å²) in [6.45, 7) is 2.67. The number of aliphatic hydroxyl groups is 1.